The van der Waals surface area contributed by atoms with Gasteiger partial charge in [-0.15, -0.1) is 0 Å². The summed E-state index contributed by atoms with van der Waals surface area (Å²) in [5.41, 5.74) is 3.23. The molecule has 0 radical (unpaired) electrons. The van der Waals surface area contributed by atoms with Crippen molar-refractivity contribution in [3.63, 3.8) is 0 Å². The van der Waals surface area contributed by atoms with E-state index >= 15 is 0 Å². The van der Waals surface area contributed by atoms with Gasteiger partial charge in [0, 0.05) is 5.41 Å². The molecule has 2 rings (SSSR count). The third kappa shape index (κ3) is 10.5. The van der Waals surface area contributed by atoms with Crippen molar-refractivity contribution in [3.05, 3.63) is 71.8 Å². The molecule has 0 nitrogen and oxygen atoms in total. The van der Waals surface area contributed by atoms with E-state index in [0.29, 0.717) is 0 Å². The normalized spacial score (nSPS) is 11.7. The fourth-order valence-corrected chi connectivity index (χ4v) is 5.50. The molecule has 0 heterocycles. The third-order valence-corrected chi connectivity index (χ3v) is 7.57. The van der Waals surface area contributed by atoms with Crippen LogP contribution in [0.3, 0.4) is 0 Å². The topological polar surface area (TPSA) is 0 Å². The molecule has 2 aromatic rings. The maximum atomic E-state index is 2.39. The molecule has 0 bridgehead atoms. The van der Waals surface area contributed by atoms with Gasteiger partial charge < -0.3 is 0 Å². The Morgan fingerprint density at radius 1 is 0.394 bits per heavy atom. The Balaban J connectivity index is 1.98. The van der Waals surface area contributed by atoms with E-state index in [9.17, 15) is 0 Å². The molecule has 0 saturated carbocycles. The number of hydrogen-bond donors (Lipinski definition) is 0. The molecule has 2 aromatic carbocycles. The predicted molar refractivity (Wildman–Crippen MR) is 148 cm³/mol. The lowest BCUT2D eigenvalue weighted by molar-refractivity contribution is 0.389. The van der Waals surface area contributed by atoms with E-state index in [4.69, 9.17) is 0 Å². The van der Waals surface area contributed by atoms with Gasteiger partial charge in [-0.25, -0.2) is 0 Å². The first-order chi connectivity index (χ1) is 16.3. The van der Waals surface area contributed by atoms with Crippen LogP contribution in [0.4, 0.5) is 0 Å². The van der Waals surface area contributed by atoms with Crippen LogP contribution >= 0.6 is 0 Å². The molecule has 0 atom stereocenters. The molecule has 0 amide bonds. The van der Waals surface area contributed by atoms with Crippen molar-refractivity contribution in [1.82, 2.24) is 0 Å². The summed E-state index contributed by atoms with van der Waals surface area (Å²) in [4.78, 5) is 0. The van der Waals surface area contributed by atoms with E-state index in [1.807, 2.05) is 0 Å². The van der Waals surface area contributed by atoms with Crippen LogP contribution < -0.4 is 0 Å². The van der Waals surface area contributed by atoms with Crippen molar-refractivity contribution in [3.8, 4) is 0 Å². The average Bonchev–Trinajstić information content (AvgIpc) is 2.87. The van der Waals surface area contributed by atoms with Gasteiger partial charge in [0.2, 0.25) is 0 Å². The van der Waals surface area contributed by atoms with Crippen molar-refractivity contribution in [2.45, 2.75) is 135 Å². The minimum atomic E-state index is 0.174. The monoisotopic (exact) mass is 448 g/mol. The van der Waals surface area contributed by atoms with Gasteiger partial charge in [-0.3, -0.25) is 0 Å². The summed E-state index contributed by atoms with van der Waals surface area (Å²) in [5.74, 6) is 0. The van der Waals surface area contributed by atoms with E-state index < -0.39 is 0 Å². The molecule has 33 heavy (non-hydrogen) atoms. The van der Waals surface area contributed by atoms with Crippen LogP contribution in [0.2, 0.25) is 0 Å². The van der Waals surface area contributed by atoms with Crippen LogP contribution in [0, 0.1) is 0 Å². The van der Waals surface area contributed by atoms with Crippen LogP contribution in [-0.2, 0) is 5.41 Å². The largest absolute Gasteiger partial charge is 0.0654 e. The predicted octanol–water partition coefficient (Wildman–Crippen LogP) is 11.0. The summed E-state index contributed by atoms with van der Waals surface area (Å²) >= 11 is 0. The highest BCUT2D eigenvalue weighted by Gasteiger charge is 2.32. The molecule has 0 fully saturated rings. The number of unbranched alkanes of at least 4 members (excludes halogenated alkanes) is 14. The van der Waals surface area contributed by atoms with Crippen molar-refractivity contribution < 1.29 is 0 Å². The van der Waals surface area contributed by atoms with Gasteiger partial charge in [0.05, 0.1) is 0 Å². The molecule has 0 aliphatic carbocycles. The molecular weight excluding hydrogens is 396 g/mol. The minimum Gasteiger partial charge on any atom is -0.0654 e. The summed E-state index contributed by atoms with van der Waals surface area (Å²) in [6.07, 6.45) is 24.9. The van der Waals surface area contributed by atoms with E-state index in [1.165, 1.54) is 127 Å². The summed E-state index contributed by atoms with van der Waals surface area (Å²) in [5, 5.41) is 0. The van der Waals surface area contributed by atoms with Crippen molar-refractivity contribution >= 4 is 0 Å². The third-order valence-electron chi connectivity index (χ3n) is 7.57. The molecular formula is C33H52. The molecule has 0 N–H and O–H groups in total. The first kappa shape index (κ1) is 27.7. The molecule has 0 heteroatoms. The van der Waals surface area contributed by atoms with Gasteiger partial charge in [0.25, 0.3) is 0 Å². The minimum absolute atomic E-state index is 0.174. The Labute approximate surface area is 206 Å². The summed E-state index contributed by atoms with van der Waals surface area (Å²) < 4.78 is 0. The lowest BCUT2D eigenvalue weighted by Gasteiger charge is -2.36. The van der Waals surface area contributed by atoms with Gasteiger partial charge in [0.1, 0.15) is 0 Å². The highest BCUT2D eigenvalue weighted by molar-refractivity contribution is 5.39. The molecule has 0 aliphatic rings. The quantitative estimate of drug-likeness (QED) is 0.177. The van der Waals surface area contributed by atoms with Crippen molar-refractivity contribution in [1.29, 1.82) is 0 Å². The summed E-state index contributed by atoms with van der Waals surface area (Å²) in [7, 11) is 0. The Morgan fingerprint density at radius 3 is 1.03 bits per heavy atom. The fraction of sp³-hybridized carbons (Fsp3) is 0.636. The van der Waals surface area contributed by atoms with Gasteiger partial charge in [0.15, 0.2) is 0 Å². The maximum Gasteiger partial charge on any atom is 0.0202 e. The van der Waals surface area contributed by atoms with Crippen LogP contribution in [0.1, 0.15) is 141 Å². The highest BCUT2D eigenvalue weighted by atomic mass is 14.4. The fourth-order valence-electron chi connectivity index (χ4n) is 5.50. The highest BCUT2D eigenvalue weighted by Crippen LogP contribution is 2.42. The first-order valence-corrected chi connectivity index (χ1v) is 14.4. The second kappa shape index (κ2) is 17.9. The number of hydrogen-bond acceptors (Lipinski definition) is 0. The molecule has 0 spiro atoms. The Hall–Kier alpha value is -1.56. The van der Waals surface area contributed by atoms with Gasteiger partial charge >= 0.3 is 0 Å². The SMILES string of the molecule is CCCCCCCCCCCC(CCCCCCCCC)(c1ccccc1)c1ccccc1. The van der Waals surface area contributed by atoms with E-state index in [-0.39, 0.29) is 5.41 Å². The standard InChI is InChI=1S/C33H52/c1-3-5-7-9-11-12-14-16-24-30-33(31-25-19-17-20-26-31,32-27-21-18-22-28-32)29-23-15-13-10-8-6-4-2/h17-22,25-28H,3-16,23-24,29-30H2,1-2H3. The number of rotatable bonds is 20. The second-order valence-electron chi connectivity index (χ2n) is 10.3. The summed E-state index contributed by atoms with van der Waals surface area (Å²) in [6, 6.07) is 22.9. The van der Waals surface area contributed by atoms with Gasteiger partial charge in [-0.2, -0.15) is 0 Å². The zero-order valence-electron chi connectivity index (χ0n) is 22.0. The molecule has 0 aliphatic heterocycles. The molecule has 0 aromatic heterocycles. The second-order valence-corrected chi connectivity index (χ2v) is 10.3. The van der Waals surface area contributed by atoms with Crippen LogP contribution in [0.15, 0.2) is 60.7 Å². The van der Waals surface area contributed by atoms with Crippen LogP contribution in [0.5, 0.6) is 0 Å². The van der Waals surface area contributed by atoms with Gasteiger partial charge in [-0.05, 0) is 24.0 Å². The molecule has 184 valence electrons. The molecule has 0 saturated heterocycles. The zero-order chi connectivity index (χ0) is 23.5. The van der Waals surface area contributed by atoms with Crippen molar-refractivity contribution in [2.24, 2.45) is 0 Å². The Bertz CT molecular complexity index is 632. The van der Waals surface area contributed by atoms with Gasteiger partial charge in [-0.1, -0.05) is 177 Å². The van der Waals surface area contributed by atoms with E-state index in [1.54, 1.807) is 0 Å². The lowest BCUT2D eigenvalue weighted by atomic mass is 9.68. The van der Waals surface area contributed by atoms with E-state index in [0.717, 1.165) is 0 Å². The zero-order valence-corrected chi connectivity index (χ0v) is 22.0. The summed E-state index contributed by atoms with van der Waals surface area (Å²) in [6.45, 7) is 4.61. The molecule has 0 unspecified atom stereocenters. The average molecular weight is 449 g/mol. The lowest BCUT2D eigenvalue weighted by Crippen LogP contribution is -2.28. The number of benzene rings is 2. The Morgan fingerprint density at radius 2 is 0.697 bits per heavy atom. The van der Waals surface area contributed by atoms with Crippen LogP contribution in [0.25, 0.3) is 0 Å². The first-order valence-electron chi connectivity index (χ1n) is 14.4. The Kier molecular flexibility index (Phi) is 15.0. The van der Waals surface area contributed by atoms with Crippen molar-refractivity contribution in [2.75, 3.05) is 0 Å². The van der Waals surface area contributed by atoms with Crippen LogP contribution in [-0.4, -0.2) is 0 Å². The van der Waals surface area contributed by atoms with E-state index in [2.05, 4.69) is 74.5 Å². The smallest absolute Gasteiger partial charge is 0.0202 e. The maximum absolute atomic E-state index is 2.39.